The van der Waals surface area contributed by atoms with Gasteiger partial charge >= 0.3 is 0 Å². The molecular formula is C20H21N3O2S. The minimum Gasteiger partial charge on any atom is -0.471 e. The number of rotatable bonds is 3. The van der Waals surface area contributed by atoms with Crippen molar-refractivity contribution in [2.24, 2.45) is 5.16 Å². The number of pyridine rings is 1. The molecule has 0 unspecified atom stereocenters. The Labute approximate surface area is 157 Å². The van der Waals surface area contributed by atoms with E-state index >= 15 is 0 Å². The van der Waals surface area contributed by atoms with Crippen LogP contribution < -0.4 is 0 Å². The number of ether oxygens (including phenoxy) is 1. The molecule has 1 aromatic carbocycles. The smallest absolute Gasteiger partial charge is 0.257 e. The van der Waals surface area contributed by atoms with Gasteiger partial charge in [0.15, 0.2) is 6.61 Å². The summed E-state index contributed by atoms with van der Waals surface area (Å²) >= 11 is 1.66. The van der Waals surface area contributed by atoms with E-state index in [2.05, 4.69) is 22.3 Å². The largest absolute Gasteiger partial charge is 0.471 e. The lowest BCUT2D eigenvalue weighted by molar-refractivity contribution is 0.0655. The Hall–Kier alpha value is -2.73. The Morgan fingerprint density at radius 2 is 1.81 bits per heavy atom. The van der Waals surface area contributed by atoms with Crippen molar-refractivity contribution in [2.45, 2.75) is 20.8 Å². The zero-order valence-electron chi connectivity index (χ0n) is 15.1. The average molecular weight is 367 g/mol. The van der Waals surface area contributed by atoms with Crippen molar-refractivity contribution in [3.05, 3.63) is 60.0 Å². The van der Waals surface area contributed by atoms with Gasteiger partial charge in [0.05, 0.1) is 10.6 Å². The van der Waals surface area contributed by atoms with Crippen molar-refractivity contribution in [1.29, 1.82) is 0 Å². The molecule has 5 nitrogen and oxygen atoms in total. The van der Waals surface area contributed by atoms with Gasteiger partial charge in [-0.3, -0.25) is 4.98 Å². The summed E-state index contributed by atoms with van der Waals surface area (Å²) in [5.41, 5.74) is 4.03. The molecule has 4 rings (SSSR count). The summed E-state index contributed by atoms with van der Waals surface area (Å²) in [4.78, 5) is 15.1. The molecule has 134 valence electrons. The normalized spacial score (nSPS) is 13.0. The monoisotopic (exact) mass is 367 g/mol. The molecule has 6 heteroatoms. The van der Waals surface area contributed by atoms with Crippen molar-refractivity contribution in [3.63, 3.8) is 0 Å². The summed E-state index contributed by atoms with van der Waals surface area (Å²) in [5.74, 6) is 0.526. The molecule has 3 aromatic rings. The molecule has 1 aliphatic heterocycles. The van der Waals surface area contributed by atoms with E-state index in [-0.39, 0.29) is 0 Å². The van der Waals surface area contributed by atoms with E-state index in [1.807, 2.05) is 51.2 Å². The quantitative estimate of drug-likeness (QED) is 0.660. The molecule has 0 aliphatic carbocycles. The summed E-state index contributed by atoms with van der Waals surface area (Å²) in [6.07, 6.45) is 3.60. The van der Waals surface area contributed by atoms with E-state index < -0.39 is 0 Å². The zero-order valence-corrected chi connectivity index (χ0v) is 15.9. The molecule has 2 aromatic heterocycles. The highest BCUT2D eigenvalue weighted by atomic mass is 32.1. The van der Waals surface area contributed by atoms with Crippen LogP contribution in [-0.4, -0.2) is 29.1 Å². The minimum atomic E-state index is 0.492. The van der Waals surface area contributed by atoms with Crippen molar-refractivity contribution in [3.8, 4) is 21.0 Å². The summed E-state index contributed by atoms with van der Waals surface area (Å²) < 4.78 is 5.56. The standard InChI is InChI=1S/C18H15N3O2S.C2H6/c1-12-16(24-18(20-12)15-6-3-7-19-11-15)13-4-2-5-14(10-13)17-21-23-9-8-22-17;1-2/h2-7,10-11H,8-9H2,1H3;1-2H3. The molecule has 1 aliphatic rings. The predicted molar refractivity (Wildman–Crippen MR) is 105 cm³/mol. The van der Waals surface area contributed by atoms with Gasteiger partial charge in [0.25, 0.3) is 5.90 Å². The molecule has 0 radical (unpaired) electrons. The van der Waals surface area contributed by atoms with Gasteiger partial charge in [0, 0.05) is 23.5 Å². The van der Waals surface area contributed by atoms with Crippen LogP contribution in [0.1, 0.15) is 25.1 Å². The highest BCUT2D eigenvalue weighted by molar-refractivity contribution is 7.18. The van der Waals surface area contributed by atoms with Crippen LogP contribution in [0.2, 0.25) is 0 Å². The lowest BCUT2D eigenvalue weighted by Gasteiger charge is -2.13. The van der Waals surface area contributed by atoms with Crippen LogP contribution >= 0.6 is 11.3 Å². The number of benzene rings is 1. The maximum atomic E-state index is 5.56. The van der Waals surface area contributed by atoms with E-state index in [0.29, 0.717) is 19.1 Å². The molecule has 0 atom stereocenters. The predicted octanol–water partition coefficient (Wildman–Crippen LogP) is 4.92. The molecule has 26 heavy (non-hydrogen) atoms. The van der Waals surface area contributed by atoms with Gasteiger partial charge in [-0.2, -0.15) is 0 Å². The lowest BCUT2D eigenvalue weighted by atomic mass is 10.1. The van der Waals surface area contributed by atoms with E-state index in [1.165, 1.54) is 0 Å². The molecule has 0 spiro atoms. The number of aryl methyl sites for hydroxylation is 1. The molecule has 0 N–H and O–H groups in total. The van der Waals surface area contributed by atoms with E-state index in [0.717, 1.165) is 32.3 Å². The Kier molecular flexibility index (Phi) is 5.96. The summed E-state index contributed by atoms with van der Waals surface area (Å²) in [7, 11) is 0. The first-order valence-corrected chi connectivity index (χ1v) is 9.44. The Balaban J connectivity index is 0.000000948. The second kappa shape index (κ2) is 8.58. The number of nitrogens with zero attached hydrogens (tertiary/aromatic N) is 3. The Bertz CT molecular complexity index is 891. The van der Waals surface area contributed by atoms with Crippen LogP contribution in [0.25, 0.3) is 21.0 Å². The van der Waals surface area contributed by atoms with Crippen molar-refractivity contribution < 1.29 is 9.57 Å². The average Bonchev–Trinajstić information content (AvgIpc) is 3.13. The minimum absolute atomic E-state index is 0.492. The fraction of sp³-hybridized carbons (Fsp3) is 0.250. The van der Waals surface area contributed by atoms with Gasteiger partial charge in [-0.15, -0.1) is 11.3 Å². The molecule has 3 heterocycles. The highest BCUT2D eigenvalue weighted by Crippen LogP contribution is 2.35. The van der Waals surface area contributed by atoms with E-state index in [1.54, 1.807) is 17.5 Å². The SMILES string of the molecule is CC.Cc1nc(-c2cccnc2)sc1-c1cccc(C2=NOCCO2)c1. The fourth-order valence-corrected chi connectivity index (χ4v) is 3.57. The third kappa shape index (κ3) is 3.91. The number of hydrogen-bond donors (Lipinski definition) is 0. The Morgan fingerprint density at radius 3 is 2.54 bits per heavy atom. The van der Waals surface area contributed by atoms with E-state index in [4.69, 9.17) is 14.6 Å². The van der Waals surface area contributed by atoms with Crippen molar-refractivity contribution >= 4 is 17.2 Å². The summed E-state index contributed by atoms with van der Waals surface area (Å²) in [6, 6.07) is 12.0. The second-order valence-corrected chi connectivity index (χ2v) is 6.33. The number of hydrogen-bond acceptors (Lipinski definition) is 6. The molecule has 0 saturated carbocycles. The van der Waals surface area contributed by atoms with Crippen LogP contribution in [0.5, 0.6) is 0 Å². The highest BCUT2D eigenvalue weighted by Gasteiger charge is 2.15. The van der Waals surface area contributed by atoms with Crippen LogP contribution in [-0.2, 0) is 9.57 Å². The molecular weight excluding hydrogens is 346 g/mol. The second-order valence-electron chi connectivity index (χ2n) is 5.33. The van der Waals surface area contributed by atoms with E-state index in [9.17, 15) is 0 Å². The third-order valence-electron chi connectivity index (χ3n) is 3.64. The molecule has 0 bridgehead atoms. The first-order valence-electron chi connectivity index (χ1n) is 8.62. The first-order chi connectivity index (χ1) is 12.8. The third-order valence-corrected chi connectivity index (χ3v) is 4.89. The van der Waals surface area contributed by atoms with Gasteiger partial charge < -0.3 is 9.57 Å². The topological polar surface area (TPSA) is 56.6 Å². The van der Waals surface area contributed by atoms with Crippen LogP contribution in [0.15, 0.2) is 53.9 Å². The maximum Gasteiger partial charge on any atom is 0.257 e. The first kappa shape index (κ1) is 18.1. The number of oxime groups is 1. The lowest BCUT2D eigenvalue weighted by Crippen LogP contribution is -2.16. The van der Waals surface area contributed by atoms with Gasteiger partial charge in [0.2, 0.25) is 0 Å². The van der Waals surface area contributed by atoms with Crippen molar-refractivity contribution in [2.75, 3.05) is 13.2 Å². The van der Waals surface area contributed by atoms with Crippen LogP contribution in [0, 0.1) is 6.92 Å². The van der Waals surface area contributed by atoms with Crippen molar-refractivity contribution in [1.82, 2.24) is 9.97 Å². The van der Waals surface area contributed by atoms with Crippen LogP contribution in [0.3, 0.4) is 0 Å². The maximum absolute atomic E-state index is 5.56. The van der Waals surface area contributed by atoms with Gasteiger partial charge in [-0.1, -0.05) is 26.0 Å². The molecule has 0 fully saturated rings. The van der Waals surface area contributed by atoms with Gasteiger partial charge in [0.1, 0.15) is 11.6 Å². The Morgan fingerprint density at radius 1 is 1.00 bits per heavy atom. The fourth-order valence-electron chi connectivity index (χ4n) is 2.51. The van der Waals surface area contributed by atoms with Gasteiger partial charge in [-0.05, 0) is 41.9 Å². The number of thiazole rings is 1. The number of aromatic nitrogens is 2. The molecule has 0 saturated heterocycles. The van der Waals surface area contributed by atoms with Gasteiger partial charge in [-0.25, -0.2) is 4.98 Å². The molecule has 0 amide bonds. The summed E-state index contributed by atoms with van der Waals surface area (Å²) in [6.45, 7) is 7.04. The summed E-state index contributed by atoms with van der Waals surface area (Å²) in [5, 5.41) is 4.95. The van der Waals surface area contributed by atoms with Crippen LogP contribution in [0.4, 0.5) is 0 Å². The zero-order chi connectivity index (χ0) is 18.4.